The number of carbonyl (C=O) groups is 2. The van der Waals surface area contributed by atoms with E-state index in [-0.39, 0.29) is 24.7 Å². The Bertz CT molecular complexity index is 1050. The summed E-state index contributed by atoms with van der Waals surface area (Å²) in [4.78, 5) is 30.9. The van der Waals surface area contributed by atoms with E-state index in [9.17, 15) is 22.8 Å². The zero-order valence-corrected chi connectivity index (χ0v) is 18.9. The summed E-state index contributed by atoms with van der Waals surface area (Å²) in [5, 5.41) is 2.69. The van der Waals surface area contributed by atoms with Crippen LogP contribution in [0.5, 0.6) is 5.75 Å². The third-order valence-electron chi connectivity index (χ3n) is 6.18. The number of halogens is 3. The van der Waals surface area contributed by atoms with Crippen LogP contribution in [-0.4, -0.2) is 68.1 Å². The highest BCUT2D eigenvalue weighted by Gasteiger charge is 2.32. The van der Waals surface area contributed by atoms with E-state index in [1.807, 2.05) is 4.90 Å². The molecule has 4 rings (SSSR count). The zero-order valence-electron chi connectivity index (χ0n) is 18.9. The maximum Gasteiger partial charge on any atom is 0.416 e. The number of nitrogens with zero attached hydrogens (tertiary/aromatic N) is 3. The van der Waals surface area contributed by atoms with Crippen molar-refractivity contribution in [1.29, 1.82) is 0 Å². The number of rotatable bonds is 4. The van der Waals surface area contributed by atoms with Gasteiger partial charge in [-0.1, -0.05) is 6.07 Å². The first-order valence-corrected chi connectivity index (χ1v) is 11.2. The van der Waals surface area contributed by atoms with E-state index in [1.54, 1.807) is 29.2 Å². The SMILES string of the molecule is COc1cccc(C(=O)N2CCN(C(=O)Nc3cc(C(F)(F)F)ccc3N3CCCC3)CC2)c1. The molecule has 2 aromatic carbocycles. The van der Waals surface area contributed by atoms with E-state index in [0.717, 1.165) is 38.1 Å². The van der Waals surface area contributed by atoms with Gasteiger partial charge in [0.1, 0.15) is 5.75 Å². The molecule has 0 atom stereocenters. The van der Waals surface area contributed by atoms with Crippen LogP contribution in [0.4, 0.5) is 29.3 Å². The molecule has 0 spiro atoms. The van der Waals surface area contributed by atoms with Gasteiger partial charge >= 0.3 is 12.2 Å². The number of carbonyl (C=O) groups excluding carboxylic acids is 2. The summed E-state index contributed by atoms with van der Waals surface area (Å²) in [5.41, 5.74) is 0.429. The third-order valence-corrected chi connectivity index (χ3v) is 6.18. The Kier molecular flexibility index (Phi) is 6.85. The molecule has 2 heterocycles. The highest BCUT2D eigenvalue weighted by Crippen LogP contribution is 2.36. The van der Waals surface area contributed by atoms with E-state index in [0.29, 0.717) is 30.1 Å². The van der Waals surface area contributed by atoms with Gasteiger partial charge in [0.05, 0.1) is 24.0 Å². The van der Waals surface area contributed by atoms with Crippen LogP contribution in [0.15, 0.2) is 42.5 Å². The lowest BCUT2D eigenvalue weighted by Crippen LogP contribution is -2.51. The van der Waals surface area contributed by atoms with Crippen molar-refractivity contribution < 1.29 is 27.5 Å². The zero-order chi connectivity index (χ0) is 24.3. The number of hydrogen-bond acceptors (Lipinski definition) is 4. The van der Waals surface area contributed by atoms with Gasteiger partial charge in [-0.2, -0.15) is 13.2 Å². The normalized spacial score (nSPS) is 16.5. The second-order valence-corrected chi connectivity index (χ2v) is 8.37. The molecule has 7 nitrogen and oxygen atoms in total. The Balaban J connectivity index is 1.43. The van der Waals surface area contributed by atoms with Gasteiger partial charge in [-0.3, -0.25) is 4.79 Å². The lowest BCUT2D eigenvalue weighted by molar-refractivity contribution is -0.137. The Hall–Kier alpha value is -3.43. The Morgan fingerprint density at radius 3 is 2.24 bits per heavy atom. The molecule has 0 aliphatic carbocycles. The van der Waals surface area contributed by atoms with Crippen molar-refractivity contribution in [1.82, 2.24) is 9.80 Å². The summed E-state index contributed by atoms with van der Waals surface area (Å²) in [5.74, 6) is 0.423. The summed E-state index contributed by atoms with van der Waals surface area (Å²) in [7, 11) is 1.53. The van der Waals surface area contributed by atoms with Gasteiger partial charge in [0, 0.05) is 44.8 Å². The van der Waals surface area contributed by atoms with E-state index >= 15 is 0 Å². The number of hydrogen-bond donors (Lipinski definition) is 1. The molecular formula is C24H27F3N4O3. The van der Waals surface area contributed by atoms with Gasteiger partial charge in [-0.05, 0) is 49.2 Å². The molecule has 182 valence electrons. The number of methoxy groups -OCH3 is 1. The molecule has 2 aliphatic rings. The molecule has 2 aliphatic heterocycles. The van der Waals surface area contributed by atoms with Crippen LogP contribution in [0, 0.1) is 0 Å². The van der Waals surface area contributed by atoms with Crippen LogP contribution in [0.3, 0.4) is 0 Å². The van der Waals surface area contributed by atoms with Crippen LogP contribution in [0.1, 0.15) is 28.8 Å². The Morgan fingerprint density at radius 1 is 0.912 bits per heavy atom. The summed E-state index contributed by atoms with van der Waals surface area (Å²) < 4.78 is 45.0. The number of benzene rings is 2. The fourth-order valence-corrected chi connectivity index (χ4v) is 4.29. The number of anilines is 2. The van der Waals surface area contributed by atoms with Gasteiger partial charge in [-0.25, -0.2) is 4.79 Å². The van der Waals surface area contributed by atoms with Crippen molar-refractivity contribution in [3.63, 3.8) is 0 Å². The minimum atomic E-state index is -4.50. The van der Waals surface area contributed by atoms with Crippen LogP contribution in [0.25, 0.3) is 0 Å². The van der Waals surface area contributed by atoms with E-state index < -0.39 is 17.8 Å². The Morgan fingerprint density at radius 2 is 1.59 bits per heavy atom. The lowest BCUT2D eigenvalue weighted by atomic mass is 10.1. The minimum Gasteiger partial charge on any atom is -0.497 e. The van der Waals surface area contributed by atoms with Crippen molar-refractivity contribution in [3.8, 4) is 5.75 Å². The number of piperazine rings is 1. The Labute approximate surface area is 196 Å². The average molecular weight is 476 g/mol. The predicted molar refractivity (Wildman–Crippen MR) is 122 cm³/mol. The quantitative estimate of drug-likeness (QED) is 0.715. The van der Waals surface area contributed by atoms with Gasteiger partial charge in [-0.15, -0.1) is 0 Å². The molecule has 34 heavy (non-hydrogen) atoms. The van der Waals surface area contributed by atoms with Gasteiger partial charge in [0.15, 0.2) is 0 Å². The monoisotopic (exact) mass is 476 g/mol. The van der Waals surface area contributed by atoms with Crippen molar-refractivity contribution in [2.75, 3.05) is 56.6 Å². The van der Waals surface area contributed by atoms with Crippen molar-refractivity contribution in [2.45, 2.75) is 19.0 Å². The second-order valence-electron chi connectivity index (χ2n) is 8.37. The first-order valence-electron chi connectivity index (χ1n) is 11.2. The molecule has 1 N–H and O–H groups in total. The molecule has 0 bridgehead atoms. The van der Waals surface area contributed by atoms with Crippen LogP contribution >= 0.6 is 0 Å². The number of ether oxygens (including phenoxy) is 1. The van der Waals surface area contributed by atoms with Crippen molar-refractivity contribution in [2.24, 2.45) is 0 Å². The van der Waals surface area contributed by atoms with Gasteiger partial charge < -0.3 is 24.8 Å². The molecule has 0 saturated carbocycles. The number of urea groups is 1. The van der Waals surface area contributed by atoms with E-state index in [4.69, 9.17) is 4.74 Å². The topological polar surface area (TPSA) is 65.1 Å². The molecule has 10 heteroatoms. The molecule has 3 amide bonds. The molecule has 2 aromatic rings. The fraction of sp³-hybridized carbons (Fsp3) is 0.417. The van der Waals surface area contributed by atoms with Crippen molar-refractivity contribution >= 4 is 23.3 Å². The molecule has 0 aromatic heterocycles. The third kappa shape index (κ3) is 5.21. The molecular weight excluding hydrogens is 449 g/mol. The average Bonchev–Trinajstić information content (AvgIpc) is 3.38. The number of nitrogens with one attached hydrogen (secondary N) is 1. The maximum absolute atomic E-state index is 13.3. The van der Waals surface area contributed by atoms with Crippen LogP contribution in [0.2, 0.25) is 0 Å². The molecule has 0 radical (unpaired) electrons. The van der Waals surface area contributed by atoms with E-state index in [2.05, 4.69) is 5.32 Å². The van der Waals surface area contributed by atoms with Crippen LogP contribution in [-0.2, 0) is 6.18 Å². The number of amides is 3. The smallest absolute Gasteiger partial charge is 0.416 e. The first-order chi connectivity index (χ1) is 16.3. The van der Waals surface area contributed by atoms with Gasteiger partial charge in [0.25, 0.3) is 5.91 Å². The number of alkyl halides is 3. The van der Waals surface area contributed by atoms with Crippen molar-refractivity contribution in [3.05, 3.63) is 53.6 Å². The molecule has 2 fully saturated rings. The largest absolute Gasteiger partial charge is 0.497 e. The summed E-state index contributed by atoms with van der Waals surface area (Å²) in [6.07, 6.45) is -2.59. The predicted octanol–water partition coefficient (Wildman–Crippen LogP) is 4.30. The standard InChI is InChI=1S/C24H27F3N4O3/c1-34-19-6-4-5-17(15-19)22(32)30-11-13-31(14-12-30)23(33)28-20-16-18(24(25,26)27)7-8-21(20)29-9-2-3-10-29/h4-8,15-16H,2-3,9-14H2,1H3,(H,28,33). The van der Waals surface area contributed by atoms with E-state index in [1.165, 1.54) is 18.1 Å². The molecule has 2 saturated heterocycles. The van der Waals surface area contributed by atoms with Crippen LogP contribution < -0.4 is 15.0 Å². The highest BCUT2D eigenvalue weighted by molar-refractivity contribution is 5.96. The summed E-state index contributed by atoms with van der Waals surface area (Å²) in [6.45, 7) is 2.67. The highest BCUT2D eigenvalue weighted by atomic mass is 19.4. The first kappa shape index (κ1) is 23.7. The fourth-order valence-electron chi connectivity index (χ4n) is 4.29. The second kappa shape index (κ2) is 9.82. The van der Waals surface area contributed by atoms with Gasteiger partial charge in [0.2, 0.25) is 0 Å². The summed E-state index contributed by atoms with van der Waals surface area (Å²) in [6, 6.07) is 9.85. The maximum atomic E-state index is 13.3. The lowest BCUT2D eigenvalue weighted by Gasteiger charge is -2.35. The summed E-state index contributed by atoms with van der Waals surface area (Å²) >= 11 is 0. The molecule has 0 unspecified atom stereocenters. The minimum absolute atomic E-state index is 0.150.